The van der Waals surface area contributed by atoms with Crippen molar-refractivity contribution < 1.29 is 13.2 Å². The molecular formula is C20H32N2O3S. The van der Waals surface area contributed by atoms with Crippen molar-refractivity contribution in [3.8, 4) is 0 Å². The summed E-state index contributed by atoms with van der Waals surface area (Å²) in [5.41, 5.74) is 3.56. The van der Waals surface area contributed by atoms with E-state index in [-0.39, 0.29) is 29.5 Å². The molecule has 26 heavy (non-hydrogen) atoms. The van der Waals surface area contributed by atoms with Gasteiger partial charge < -0.3 is 5.32 Å². The number of rotatable bonds is 6. The second-order valence-corrected chi connectivity index (χ2v) is 9.92. The molecule has 5 nitrogen and oxygen atoms in total. The zero-order chi connectivity index (χ0) is 19.5. The van der Waals surface area contributed by atoms with Gasteiger partial charge in [-0.25, -0.2) is 12.7 Å². The topological polar surface area (TPSA) is 66.5 Å². The Morgan fingerprint density at radius 2 is 1.85 bits per heavy atom. The van der Waals surface area contributed by atoms with Crippen LogP contribution in [0.25, 0.3) is 0 Å². The van der Waals surface area contributed by atoms with E-state index >= 15 is 0 Å². The van der Waals surface area contributed by atoms with E-state index < -0.39 is 10.0 Å². The van der Waals surface area contributed by atoms with Gasteiger partial charge in [-0.1, -0.05) is 37.6 Å². The second kappa shape index (κ2) is 8.53. The van der Waals surface area contributed by atoms with E-state index in [0.29, 0.717) is 25.9 Å². The molecule has 0 saturated carbocycles. The number of benzene rings is 1. The molecule has 0 aliphatic carbocycles. The van der Waals surface area contributed by atoms with Crippen LogP contribution >= 0.6 is 0 Å². The van der Waals surface area contributed by atoms with E-state index in [0.717, 1.165) is 5.56 Å². The molecule has 0 spiro atoms. The van der Waals surface area contributed by atoms with Crippen LogP contribution in [0.1, 0.15) is 56.3 Å². The lowest BCUT2D eigenvalue weighted by atomic mass is 9.90. The number of hydrogen-bond acceptors (Lipinski definition) is 3. The Morgan fingerprint density at radius 3 is 2.35 bits per heavy atom. The molecule has 0 bridgehead atoms. The van der Waals surface area contributed by atoms with Crippen LogP contribution in [-0.4, -0.2) is 37.5 Å². The van der Waals surface area contributed by atoms with Crippen LogP contribution in [0.4, 0.5) is 0 Å². The highest BCUT2D eigenvalue weighted by molar-refractivity contribution is 7.89. The molecule has 2 rings (SSSR count). The summed E-state index contributed by atoms with van der Waals surface area (Å²) >= 11 is 0. The second-order valence-electron chi connectivity index (χ2n) is 7.66. The highest BCUT2D eigenvalue weighted by Gasteiger charge is 2.31. The molecule has 1 aromatic carbocycles. The molecule has 0 unspecified atom stereocenters. The van der Waals surface area contributed by atoms with E-state index in [1.807, 2.05) is 0 Å². The number of piperidine rings is 1. The van der Waals surface area contributed by atoms with Crippen LogP contribution in [0.15, 0.2) is 18.2 Å². The molecule has 0 aromatic heterocycles. The zero-order valence-corrected chi connectivity index (χ0v) is 17.4. The molecule has 6 heteroatoms. The highest BCUT2D eigenvalue weighted by Crippen LogP contribution is 2.27. The summed E-state index contributed by atoms with van der Waals surface area (Å²) in [6.07, 6.45) is 1.17. The highest BCUT2D eigenvalue weighted by atomic mass is 32.2. The van der Waals surface area contributed by atoms with Gasteiger partial charge >= 0.3 is 0 Å². The maximum absolute atomic E-state index is 12.8. The molecule has 1 heterocycles. The van der Waals surface area contributed by atoms with Crippen LogP contribution in [0.2, 0.25) is 0 Å². The number of nitrogens with zero attached hydrogens (tertiary/aromatic N) is 1. The van der Waals surface area contributed by atoms with Crippen LogP contribution in [0, 0.1) is 25.7 Å². The minimum Gasteiger partial charge on any atom is -0.349 e. The van der Waals surface area contributed by atoms with Gasteiger partial charge in [0.1, 0.15) is 0 Å². The summed E-state index contributed by atoms with van der Waals surface area (Å²) in [7, 11) is -3.16. The normalized spacial score (nSPS) is 18.1. The summed E-state index contributed by atoms with van der Waals surface area (Å²) in [6.45, 7) is 10.9. The monoisotopic (exact) mass is 380 g/mol. The number of aryl methyl sites for hydroxylation is 2. The first-order valence-electron chi connectivity index (χ1n) is 9.51. The first kappa shape index (κ1) is 20.9. The number of carbonyl (C=O) groups excluding carboxylic acids is 1. The average molecular weight is 381 g/mol. The molecule has 146 valence electrons. The third-order valence-corrected chi connectivity index (χ3v) is 7.19. The number of amides is 1. The summed E-state index contributed by atoms with van der Waals surface area (Å²) < 4.78 is 25.5. The number of nitrogens with one attached hydrogen (secondary N) is 1. The fourth-order valence-electron chi connectivity index (χ4n) is 3.63. The molecule has 1 saturated heterocycles. The van der Waals surface area contributed by atoms with Crippen LogP contribution in [0.5, 0.6) is 0 Å². The number of carbonyl (C=O) groups is 1. The average Bonchev–Trinajstić information content (AvgIpc) is 2.60. The van der Waals surface area contributed by atoms with Crippen molar-refractivity contribution in [1.29, 1.82) is 0 Å². The van der Waals surface area contributed by atoms with Crippen molar-refractivity contribution in [2.75, 3.05) is 18.8 Å². The van der Waals surface area contributed by atoms with E-state index in [1.54, 1.807) is 6.92 Å². The van der Waals surface area contributed by atoms with Gasteiger partial charge in [0, 0.05) is 19.0 Å². The largest absolute Gasteiger partial charge is 0.349 e. The van der Waals surface area contributed by atoms with Crippen molar-refractivity contribution in [2.24, 2.45) is 11.8 Å². The molecule has 0 radical (unpaired) electrons. The Hall–Kier alpha value is -1.40. The van der Waals surface area contributed by atoms with E-state index in [2.05, 4.69) is 51.2 Å². The Bertz CT molecular complexity index is 735. The Balaban J connectivity index is 2.05. The first-order valence-corrected chi connectivity index (χ1v) is 11.1. The van der Waals surface area contributed by atoms with Gasteiger partial charge in [0.05, 0.1) is 11.8 Å². The Kier molecular flexibility index (Phi) is 6.86. The molecule has 1 aliphatic heterocycles. The molecule has 1 aromatic rings. The van der Waals surface area contributed by atoms with E-state index in [4.69, 9.17) is 0 Å². The zero-order valence-electron chi connectivity index (χ0n) is 16.6. The Labute approximate surface area is 158 Å². The third kappa shape index (κ3) is 4.86. The summed E-state index contributed by atoms with van der Waals surface area (Å²) in [6, 6.07) is 6.30. The lowest BCUT2D eigenvalue weighted by Crippen LogP contribution is -2.44. The molecule has 1 atom stereocenters. The van der Waals surface area contributed by atoms with Gasteiger partial charge in [-0.05, 0) is 50.7 Å². The van der Waals surface area contributed by atoms with Crippen LogP contribution in [0.3, 0.4) is 0 Å². The predicted molar refractivity (Wildman–Crippen MR) is 105 cm³/mol. The smallest absolute Gasteiger partial charge is 0.223 e. The van der Waals surface area contributed by atoms with Gasteiger partial charge in [-0.3, -0.25) is 4.79 Å². The van der Waals surface area contributed by atoms with E-state index in [9.17, 15) is 13.2 Å². The lowest BCUT2D eigenvalue weighted by molar-refractivity contribution is -0.127. The minimum absolute atomic E-state index is 0.0273. The van der Waals surface area contributed by atoms with Gasteiger partial charge in [-0.15, -0.1) is 0 Å². The quantitative estimate of drug-likeness (QED) is 0.824. The number of hydrogen-bond donors (Lipinski definition) is 1. The van der Waals surface area contributed by atoms with Crippen molar-refractivity contribution in [2.45, 2.75) is 53.5 Å². The van der Waals surface area contributed by atoms with Crippen molar-refractivity contribution in [3.63, 3.8) is 0 Å². The molecule has 1 N–H and O–H groups in total. The Morgan fingerprint density at radius 1 is 1.23 bits per heavy atom. The first-order chi connectivity index (χ1) is 12.2. The third-order valence-electron chi connectivity index (χ3n) is 5.31. The van der Waals surface area contributed by atoms with Crippen molar-refractivity contribution in [3.05, 3.63) is 34.9 Å². The maximum Gasteiger partial charge on any atom is 0.223 e. The standard InChI is InChI=1S/C20H32N2O3S/c1-6-26(24,25)22-11-9-17(10-12-22)20(23)21-19(14(2)3)18-8-7-15(4)13-16(18)5/h7-8,13-14,17,19H,6,9-12H2,1-5H3,(H,21,23)/t19-/m1/s1. The van der Waals surface area contributed by atoms with Gasteiger partial charge in [0.25, 0.3) is 0 Å². The fourth-order valence-corrected chi connectivity index (χ4v) is 4.76. The lowest BCUT2D eigenvalue weighted by Gasteiger charge is -2.32. The summed E-state index contributed by atoms with van der Waals surface area (Å²) in [5, 5.41) is 3.22. The molecular weight excluding hydrogens is 348 g/mol. The maximum atomic E-state index is 12.8. The van der Waals surface area contributed by atoms with Crippen molar-refractivity contribution in [1.82, 2.24) is 9.62 Å². The SMILES string of the molecule is CCS(=O)(=O)N1CCC(C(=O)N[C@@H](c2ccc(C)cc2C)C(C)C)CC1. The predicted octanol–water partition coefficient (Wildman–Crippen LogP) is 3.18. The fraction of sp³-hybridized carbons (Fsp3) is 0.650. The molecule has 1 fully saturated rings. The van der Waals surface area contributed by atoms with Gasteiger partial charge in [0.2, 0.25) is 15.9 Å². The van der Waals surface area contributed by atoms with E-state index in [1.165, 1.54) is 15.4 Å². The van der Waals surface area contributed by atoms with Crippen LogP contribution in [-0.2, 0) is 14.8 Å². The van der Waals surface area contributed by atoms with Gasteiger partial charge in [-0.2, -0.15) is 0 Å². The molecule has 1 amide bonds. The summed E-state index contributed by atoms with van der Waals surface area (Å²) in [5.74, 6) is 0.315. The summed E-state index contributed by atoms with van der Waals surface area (Å²) in [4.78, 5) is 12.8. The molecule has 1 aliphatic rings. The van der Waals surface area contributed by atoms with Crippen LogP contribution < -0.4 is 5.32 Å². The van der Waals surface area contributed by atoms with Gasteiger partial charge in [0.15, 0.2) is 0 Å². The number of sulfonamides is 1. The minimum atomic E-state index is -3.16. The van der Waals surface area contributed by atoms with Crippen molar-refractivity contribution >= 4 is 15.9 Å².